The van der Waals surface area contributed by atoms with Crippen LogP contribution in [0.25, 0.3) is 5.57 Å². The molecule has 0 aliphatic carbocycles. The molecule has 1 heterocycles. The number of carbonyl (C=O) groups is 2. The number of nitro benzene ring substituents is 1. The zero-order valence-electron chi connectivity index (χ0n) is 16.7. The number of benzene rings is 3. The van der Waals surface area contributed by atoms with E-state index in [1.807, 2.05) is 30.3 Å². The summed E-state index contributed by atoms with van der Waals surface area (Å²) in [5, 5.41) is 11.0. The molecule has 0 aromatic heterocycles. The minimum absolute atomic E-state index is 0.00379. The number of halogens is 1. The molecule has 0 atom stereocenters. The molecule has 160 valence electrons. The van der Waals surface area contributed by atoms with Crippen LogP contribution in [0.4, 0.5) is 10.1 Å². The summed E-state index contributed by atoms with van der Waals surface area (Å²) in [7, 11) is 0. The molecule has 3 aromatic rings. The molecule has 3 aromatic carbocycles. The molecule has 1 aliphatic heterocycles. The molecule has 4 rings (SSSR count). The summed E-state index contributed by atoms with van der Waals surface area (Å²) in [4.78, 5) is 38.3. The average Bonchev–Trinajstić information content (AvgIpc) is 3.04. The Morgan fingerprint density at radius 3 is 2.12 bits per heavy atom. The predicted octanol–water partition coefficient (Wildman–Crippen LogP) is 4.95. The van der Waals surface area contributed by atoms with E-state index >= 15 is 0 Å². The molecule has 0 radical (unpaired) electrons. The number of amides is 2. The van der Waals surface area contributed by atoms with Crippen LogP contribution in [-0.4, -0.2) is 21.6 Å². The number of carbonyl (C=O) groups excluding carboxylic acids is 2. The fourth-order valence-electron chi connectivity index (χ4n) is 3.34. The summed E-state index contributed by atoms with van der Waals surface area (Å²) >= 11 is 1.25. The van der Waals surface area contributed by atoms with E-state index in [1.54, 1.807) is 0 Å². The highest BCUT2D eigenvalue weighted by atomic mass is 32.2. The normalized spacial score (nSPS) is 13.7. The maximum Gasteiger partial charge on any atom is 0.269 e. The summed E-state index contributed by atoms with van der Waals surface area (Å²) in [5.41, 5.74) is 2.16. The first-order valence-corrected chi connectivity index (χ1v) is 10.7. The Bertz CT molecular complexity index is 1210. The summed E-state index contributed by atoms with van der Waals surface area (Å²) < 4.78 is 13.2. The Morgan fingerprint density at radius 1 is 0.844 bits per heavy atom. The van der Waals surface area contributed by atoms with Crippen LogP contribution in [0.2, 0.25) is 0 Å². The van der Waals surface area contributed by atoms with Crippen molar-refractivity contribution in [3.05, 3.63) is 116 Å². The molecular formula is C24H17FN2O4S. The highest BCUT2D eigenvalue weighted by Gasteiger charge is 2.39. The van der Waals surface area contributed by atoms with Crippen molar-refractivity contribution in [3.8, 4) is 0 Å². The first-order chi connectivity index (χ1) is 15.4. The zero-order valence-corrected chi connectivity index (χ0v) is 17.5. The third-order valence-corrected chi connectivity index (χ3v) is 6.12. The Kier molecular flexibility index (Phi) is 6.13. The van der Waals surface area contributed by atoms with Crippen molar-refractivity contribution < 1.29 is 18.9 Å². The first kappa shape index (κ1) is 21.5. The van der Waals surface area contributed by atoms with Crippen LogP contribution in [0.5, 0.6) is 0 Å². The summed E-state index contributed by atoms with van der Waals surface area (Å²) in [6, 6.07) is 20.7. The van der Waals surface area contributed by atoms with E-state index in [4.69, 9.17) is 0 Å². The Labute approximate surface area is 187 Å². The highest BCUT2D eigenvalue weighted by molar-refractivity contribution is 8.03. The molecule has 2 amide bonds. The van der Waals surface area contributed by atoms with Crippen molar-refractivity contribution in [3.63, 3.8) is 0 Å². The Morgan fingerprint density at radius 2 is 1.50 bits per heavy atom. The second kappa shape index (κ2) is 9.15. The van der Waals surface area contributed by atoms with Gasteiger partial charge in [0.2, 0.25) is 0 Å². The third-order valence-electron chi connectivity index (χ3n) is 4.97. The molecule has 0 fully saturated rings. The number of non-ortho nitro benzene ring substituents is 1. The van der Waals surface area contributed by atoms with Gasteiger partial charge >= 0.3 is 0 Å². The molecule has 0 unspecified atom stereocenters. The molecule has 0 N–H and O–H groups in total. The van der Waals surface area contributed by atoms with Gasteiger partial charge in [-0.05, 0) is 41.0 Å². The first-order valence-electron chi connectivity index (χ1n) is 9.70. The average molecular weight is 448 g/mol. The van der Waals surface area contributed by atoms with Gasteiger partial charge in [-0.3, -0.25) is 24.6 Å². The number of nitrogens with zero attached hydrogens (tertiary/aromatic N) is 2. The van der Waals surface area contributed by atoms with Gasteiger partial charge < -0.3 is 0 Å². The number of hydrogen-bond acceptors (Lipinski definition) is 5. The standard InChI is InChI=1S/C24H17FN2O4S/c25-19-10-6-16(7-11-19)14-26-23(28)21(18-8-12-20(13-9-18)27(30)31)22(24(26)29)32-15-17-4-2-1-3-5-17/h1-13H,14-15H2. The molecule has 0 saturated heterocycles. The van der Waals surface area contributed by atoms with Crippen LogP contribution in [0, 0.1) is 15.9 Å². The summed E-state index contributed by atoms with van der Waals surface area (Å²) in [6.45, 7) is 0.00379. The van der Waals surface area contributed by atoms with Crippen LogP contribution in [0.3, 0.4) is 0 Å². The molecule has 0 spiro atoms. The lowest BCUT2D eigenvalue weighted by Crippen LogP contribution is -2.30. The van der Waals surface area contributed by atoms with Crippen molar-refractivity contribution in [1.29, 1.82) is 0 Å². The van der Waals surface area contributed by atoms with Crippen molar-refractivity contribution in [2.45, 2.75) is 12.3 Å². The van der Waals surface area contributed by atoms with Gasteiger partial charge in [-0.2, -0.15) is 0 Å². The molecule has 32 heavy (non-hydrogen) atoms. The second-order valence-corrected chi connectivity index (χ2v) is 8.09. The van der Waals surface area contributed by atoms with Gasteiger partial charge in [-0.15, -0.1) is 11.8 Å². The van der Waals surface area contributed by atoms with Crippen molar-refractivity contribution in [2.24, 2.45) is 0 Å². The van der Waals surface area contributed by atoms with Gasteiger partial charge in [-0.1, -0.05) is 42.5 Å². The van der Waals surface area contributed by atoms with Gasteiger partial charge in [0.15, 0.2) is 0 Å². The monoisotopic (exact) mass is 448 g/mol. The molecular weight excluding hydrogens is 431 g/mol. The largest absolute Gasteiger partial charge is 0.269 e. The van der Waals surface area contributed by atoms with Crippen molar-refractivity contribution in [1.82, 2.24) is 4.90 Å². The molecule has 6 nitrogen and oxygen atoms in total. The van der Waals surface area contributed by atoms with Crippen molar-refractivity contribution >= 4 is 34.8 Å². The van der Waals surface area contributed by atoms with Crippen LogP contribution in [-0.2, 0) is 21.9 Å². The van der Waals surface area contributed by atoms with E-state index in [9.17, 15) is 24.1 Å². The molecule has 0 saturated carbocycles. The van der Waals surface area contributed by atoms with Gasteiger partial charge in [0.1, 0.15) is 5.82 Å². The second-order valence-electron chi connectivity index (χ2n) is 7.11. The topological polar surface area (TPSA) is 80.5 Å². The van der Waals surface area contributed by atoms with E-state index < -0.39 is 22.6 Å². The van der Waals surface area contributed by atoms with Gasteiger partial charge in [0.05, 0.1) is 21.9 Å². The lowest BCUT2D eigenvalue weighted by Gasteiger charge is -2.15. The summed E-state index contributed by atoms with van der Waals surface area (Å²) in [5.74, 6) is -0.843. The predicted molar refractivity (Wildman–Crippen MR) is 120 cm³/mol. The molecule has 1 aliphatic rings. The fraction of sp³-hybridized carbons (Fsp3) is 0.0833. The van der Waals surface area contributed by atoms with Crippen LogP contribution >= 0.6 is 11.8 Å². The highest BCUT2D eigenvalue weighted by Crippen LogP contribution is 2.38. The van der Waals surface area contributed by atoms with Crippen LogP contribution in [0.1, 0.15) is 16.7 Å². The number of hydrogen-bond donors (Lipinski definition) is 0. The Hall–Kier alpha value is -3.78. The zero-order chi connectivity index (χ0) is 22.7. The van der Waals surface area contributed by atoms with E-state index in [-0.39, 0.29) is 22.7 Å². The molecule has 0 bridgehead atoms. The SMILES string of the molecule is O=C1C(SCc2ccccc2)=C(c2ccc([N+](=O)[O-])cc2)C(=O)N1Cc1ccc(F)cc1. The van der Waals surface area contributed by atoms with Gasteiger partial charge in [-0.25, -0.2) is 4.39 Å². The quantitative estimate of drug-likeness (QED) is 0.290. The number of nitro groups is 1. The number of thioether (sulfide) groups is 1. The minimum Gasteiger partial charge on any atom is -0.269 e. The van der Waals surface area contributed by atoms with E-state index in [1.165, 1.54) is 60.3 Å². The lowest BCUT2D eigenvalue weighted by atomic mass is 10.1. The van der Waals surface area contributed by atoms with Gasteiger partial charge in [0.25, 0.3) is 17.5 Å². The van der Waals surface area contributed by atoms with Gasteiger partial charge in [0, 0.05) is 17.9 Å². The maximum atomic E-state index is 13.3. The maximum absolute atomic E-state index is 13.3. The fourth-order valence-corrected chi connectivity index (χ4v) is 4.42. The van der Waals surface area contributed by atoms with Crippen LogP contribution < -0.4 is 0 Å². The lowest BCUT2D eigenvalue weighted by molar-refractivity contribution is -0.384. The summed E-state index contributed by atoms with van der Waals surface area (Å²) in [6.07, 6.45) is 0. The van der Waals surface area contributed by atoms with Crippen molar-refractivity contribution in [2.75, 3.05) is 0 Å². The number of rotatable bonds is 7. The third kappa shape index (κ3) is 4.45. The smallest absolute Gasteiger partial charge is 0.269 e. The van der Waals surface area contributed by atoms with E-state index in [2.05, 4.69) is 0 Å². The Balaban J connectivity index is 1.67. The number of imide groups is 1. The minimum atomic E-state index is -0.522. The van der Waals surface area contributed by atoms with Crippen LogP contribution in [0.15, 0.2) is 83.8 Å². The van der Waals surface area contributed by atoms with E-state index in [0.717, 1.165) is 10.5 Å². The molecule has 8 heteroatoms. The van der Waals surface area contributed by atoms with E-state index in [0.29, 0.717) is 16.9 Å².